The minimum absolute atomic E-state index is 0.0960. The lowest BCUT2D eigenvalue weighted by atomic mass is 10.1. The highest BCUT2D eigenvalue weighted by molar-refractivity contribution is 6.30. The smallest absolute Gasteiger partial charge is 0.265 e. The van der Waals surface area contributed by atoms with E-state index in [-0.39, 0.29) is 11.8 Å². The molecule has 2 amide bonds. The number of ether oxygens (including phenoxy) is 1. The highest BCUT2D eigenvalue weighted by atomic mass is 35.5. The molecular weight excluding hydrogens is 328 g/mol. The third kappa shape index (κ3) is 3.86. The zero-order chi connectivity index (χ0) is 17.1. The molecule has 1 aliphatic heterocycles. The Kier molecular flexibility index (Phi) is 4.71. The van der Waals surface area contributed by atoms with Gasteiger partial charge in [0.25, 0.3) is 5.91 Å². The summed E-state index contributed by atoms with van der Waals surface area (Å²) in [6.45, 7) is 1.69. The van der Waals surface area contributed by atoms with Gasteiger partial charge in [0.05, 0.1) is 5.69 Å². The maximum absolute atomic E-state index is 12.1. The molecule has 1 heterocycles. The van der Waals surface area contributed by atoms with Crippen LogP contribution < -0.4 is 15.4 Å². The highest BCUT2D eigenvalue weighted by Gasteiger charge is 2.23. The molecule has 6 heteroatoms. The Balaban J connectivity index is 1.59. The molecule has 2 aromatic carbocycles. The van der Waals surface area contributed by atoms with E-state index in [0.717, 1.165) is 5.56 Å². The van der Waals surface area contributed by atoms with Crippen LogP contribution in [0.25, 0.3) is 0 Å². The number of halogens is 1. The van der Waals surface area contributed by atoms with Crippen molar-refractivity contribution in [2.24, 2.45) is 0 Å². The van der Waals surface area contributed by atoms with Crippen molar-refractivity contribution in [3.8, 4) is 5.75 Å². The summed E-state index contributed by atoms with van der Waals surface area (Å²) in [5, 5.41) is 6.26. The fourth-order valence-corrected chi connectivity index (χ4v) is 2.54. The largest absolute Gasteiger partial charge is 0.479 e. The molecule has 3 rings (SSSR count). The molecule has 1 aliphatic rings. The average molecular weight is 345 g/mol. The molecule has 0 saturated carbocycles. The third-order valence-electron chi connectivity index (χ3n) is 3.75. The fraction of sp³-hybridized carbons (Fsp3) is 0.222. The number of benzene rings is 2. The SMILES string of the molecule is CC1Oc2ccc(NC(=O)CCc3ccc(Cl)cc3)cc2NC1=O. The van der Waals surface area contributed by atoms with Crippen LogP contribution in [0.4, 0.5) is 11.4 Å². The molecule has 1 unspecified atom stereocenters. The van der Waals surface area contributed by atoms with Crippen LogP contribution in [0.15, 0.2) is 42.5 Å². The molecule has 0 saturated heterocycles. The number of aryl methyl sites for hydroxylation is 1. The summed E-state index contributed by atoms with van der Waals surface area (Å²) >= 11 is 5.84. The minimum atomic E-state index is -0.516. The first-order valence-electron chi connectivity index (χ1n) is 7.67. The van der Waals surface area contributed by atoms with Gasteiger partial charge in [-0.3, -0.25) is 9.59 Å². The highest BCUT2D eigenvalue weighted by Crippen LogP contribution is 2.32. The maximum atomic E-state index is 12.1. The fourth-order valence-electron chi connectivity index (χ4n) is 2.42. The van der Waals surface area contributed by atoms with Gasteiger partial charge in [-0.05, 0) is 49.2 Å². The summed E-state index contributed by atoms with van der Waals surface area (Å²) in [5.41, 5.74) is 2.23. The second-order valence-electron chi connectivity index (χ2n) is 5.63. The van der Waals surface area contributed by atoms with Crippen molar-refractivity contribution in [3.63, 3.8) is 0 Å². The van der Waals surface area contributed by atoms with Gasteiger partial charge in [-0.2, -0.15) is 0 Å². The monoisotopic (exact) mass is 344 g/mol. The second-order valence-corrected chi connectivity index (χ2v) is 6.07. The summed E-state index contributed by atoms with van der Waals surface area (Å²) in [6, 6.07) is 12.6. The molecule has 24 heavy (non-hydrogen) atoms. The predicted octanol–water partition coefficient (Wildman–Crippen LogP) is 3.63. The van der Waals surface area contributed by atoms with Crippen molar-refractivity contribution in [1.82, 2.24) is 0 Å². The molecule has 2 aromatic rings. The predicted molar refractivity (Wildman–Crippen MR) is 93.6 cm³/mol. The van der Waals surface area contributed by atoms with Gasteiger partial charge in [0, 0.05) is 17.1 Å². The quantitative estimate of drug-likeness (QED) is 0.890. The van der Waals surface area contributed by atoms with Crippen LogP contribution in [0.3, 0.4) is 0 Å². The Morgan fingerprint density at radius 1 is 1.25 bits per heavy atom. The van der Waals surface area contributed by atoms with Crippen LogP contribution in [0.5, 0.6) is 5.75 Å². The second kappa shape index (κ2) is 6.93. The van der Waals surface area contributed by atoms with Crippen LogP contribution >= 0.6 is 11.6 Å². The van der Waals surface area contributed by atoms with Crippen molar-refractivity contribution < 1.29 is 14.3 Å². The van der Waals surface area contributed by atoms with Crippen LogP contribution in [-0.2, 0) is 16.0 Å². The lowest BCUT2D eigenvalue weighted by Gasteiger charge is -2.23. The summed E-state index contributed by atoms with van der Waals surface area (Å²) < 4.78 is 5.48. The van der Waals surface area contributed by atoms with Crippen molar-refractivity contribution in [1.29, 1.82) is 0 Å². The van der Waals surface area contributed by atoms with Crippen molar-refractivity contribution in [2.45, 2.75) is 25.9 Å². The van der Waals surface area contributed by atoms with Gasteiger partial charge in [-0.25, -0.2) is 0 Å². The van der Waals surface area contributed by atoms with Gasteiger partial charge in [-0.15, -0.1) is 0 Å². The molecular formula is C18H17ClN2O3. The summed E-state index contributed by atoms with van der Waals surface area (Å²) in [6.07, 6.45) is 0.474. The van der Waals surface area contributed by atoms with Gasteiger partial charge in [0.1, 0.15) is 5.75 Å². The van der Waals surface area contributed by atoms with Crippen molar-refractivity contribution >= 4 is 34.8 Å². The van der Waals surface area contributed by atoms with E-state index >= 15 is 0 Å². The molecule has 124 valence electrons. The molecule has 2 N–H and O–H groups in total. The zero-order valence-electron chi connectivity index (χ0n) is 13.1. The molecule has 0 bridgehead atoms. The number of hydrogen-bond acceptors (Lipinski definition) is 3. The number of amides is 2. The van der Waals surface area contributed by atoms with Gasteiger partial charge < -0.3 is 15.4 Å². The summed E-state index contributed by atoms with van der Waals surface area (Å²) in [4.78, 5) is 23.7. The number of fused-ring (bicyclic) bond motifs is 1. The van der Waals surface area contributed by atoms with E-state index in [0.29, 0.717) is 35.0 Å². The average Bonchev–Trinajstić information content (AvgIpc) is 2.56. The first-order chi connectivity index (χ1) is 11.5. The van der Waals surface area contributed by atoms with Crippen LogP contribution in [0, 0.1) is 0 Å². The van der Waals surface area contributed by atoms with Crippen LogP contribution in [0.2, 0.25) is 5.02 Å². The topological polar surface area (TPSA) is 67.4 Å². The zero-order valence-corrected chi connectivity index (χ0v) is 13.9. The van der Waals surface area contributed by atoms with Gasteiger partial charge >= 0.3 is 0 Å². The Hall–Kier alpha value is -2.53. The third-order valence-corrected chi connectivity index (χ3v) is 4.00. The standard InChI is InChI=1S/C18H17ClN2O3/c1-11-18(23)21-15-10-14(7-8-16(15)24-11)20-17(22)9-4-12-2-5-13(19)6-3-12/h2-3,5-8,10-11H,4,9H2,1H3,(H,20,22)(H,21,23). The van der Waals surface area contributed by atoms with E-state index in [4.69, 9.17) is 16.3 Å². The molecule has 5 nitrogen and oxygen atoms in total. The Morgan fingerprint density at radius 3 is 2.75 bits per heavy atom. The Morgan fingerprint density at radius 2 is 2.00 bits per heavy atom. The number of carbonyl (C=O) groups excluding carboxylic acids is 2. The Labute approximate surface area is 145 Å². The van der Waals surface area contributed by atoms with Gasteiger partial charge in [0.15, 0.2) is 6.10 Å². The molecule has 0 aromatic heterocycles. The summed E-state index contributed by atoms with van der Waals surface area (Å²) in [5.74, 6) is 0.302. The Bertz CT molecular complexity index is 774. The van der Waals surface area contributed by atoms with Crippen LogP contribution in [0.1, 0.15) is 18.9 Å². The van der Waals surface area contributed by atoms with E-state index in [1.54, 1.807) is 25.1 Å². The molecule has 0 fully saturated rings. The van der Waals surface area contributed by atoms with Gasteiger partial charge in [0.2, 0.25) is 5.91 Å². The van der Waals surface area contributed by atoms with E-state index < -0.39 is 6.10 Å². The first-order valence-corrected chi connectivity index (χ1v) is 8.05. The van der Waals surface area contributed by atoms with Crippen molar-refractivity contribution in [3.05, 3.63) is 53.1 Å². The normalized spacial score (nSPS) is 15.9. The minimum Gasteiger partial charge on any atom is -0.479 e. The molecule has 1 atom stereocenters. The molecule has 0 radical (unpaired) electrons. The molecule has 0 spiro atoms. The van der Waals surface area contributed by atoms with E-state index in [1.165, 1.54) is 0 Å². The lowest BCUT2D eigenvalue weighted by Crippen LogP contribution is -2.34. The maximum Gasteiger partial charge on any atom is 0.265 e. The number of hydrogen-bond donors (Lipinski definition) is 2. The molecule has 0 aliphatic carbocycles. The van der Waals surface area contributed by atoms with Gasteiger partial charge in [-0.1, -0.05) is 23.7 Å². The first kappa shape index (κ1) is 16.3. The van der Waals surface area contributed by atoms with E-state index in [1.807, 2.05) is 24.3 Å². The lowest BCUT2D eigenvalue weighted by molar-refractivity contribution is -0.122. The summed E-state index contributed by atoms with van der Waals surface area (Å²) in [7, 11) is 0. The van der Waals surface area contributed by atoms with Crippen LogP contribution in [-0.4, -0.2) is 17.9 Å². The van der Waals surface area contributed by atoms with Crippen molar-refractivity contribution in [2.75, 3.05) is 10.6 Å². The number of carbonyl (C=O) groups is 2. The van der Waals surface area contributed by atoms with E-state index in [9.17, 15) is 9.59 Å². The number of rotatable bonds is 4. The number of anilines is 2. The van der Waals surface area contributed by atoms with E-state index in [2.05, 4.69) is 10.6 Å². The number of nitrogens with one attached hydrogen (secondary N) is 2.